The van der Waals surface area contributed by atoms with E-state index in [1.807, 2.05) is 42.5 Å². The first-order chi connectivity index (χ1) is 14.9. The molecule has 1 aromatic carbocycles. The van der Waals surface area contributed by atoms with E-state index >= 15 is 0 Å². The fraction of sp³-hybridized carbons (Fsp3) is 0.391. The van der Waals surface area contributed by atoms with Crippen LogP contribution in [0.1, 0.15) is 23.7 Å². The molecule has 1 atom stereocenters. The molecular formula is C23H33N4O3Si+. The highest BCUT2D eigenvalue weighted by atomic mass is 28.3. The molecule has 2 heterocycles. The van der Waals surface area contributed by atoms with E-state index in [-0.39, 0.29) is 12.6 Å². The van der Waals surface area contributed by atoms with Crippen LogP contribution in [-0.4, -0.2) is 42.3 Å². The minimum absolute atomic E-state index is 0.0852. The Morgan fingerprint density at radius 3 is 2.58 bits per heavy atom. The van der Waals surface area contributed by atoms with Gasteiger partial charge in [-0.3, -0.25) is 10.7 Å². The number of aliphatic hydroxyl groups is 1. The van der Waals surface area contributed by atoms with Gasteiger partial charge in [-0.1, -0.05) is 31.8 Å². The molecule has 0 aliphatic rings. The van der Waals surface area contributed by atoms with Crippen molar-refractivity contribution in [2.75, 3.05) is 13.3 Å². The summed E-state index contributed by atoms with van der Waals surface area (Å²) in [4.78, 5) is 0. The van der Waals surface area contributed by atoms with Gasteiger partial charge < -0.3 is 14.6 Å². The van der Waals surface area contributed by atoms with Crippen LogP contribution in [-0.2, 0) is 11.3 Å². The predicted octanol–water partition coefficient (Wildman–Crippen LogP) is 2.78. The summed E-state index contributed by atoms with van der Waals surface area (Å²) in [5.41, 5.74) is 2.66. The molecule has 31 heavy (non-hydrogen) atoms. The molecule has 0 spiro atoms. The molecule has 7 nitrogen and oxygen atoms in total. The number of aromatic nitrogens is 2. The van der Waals surface area contributed by atoms with Gasteiger partial charge >= 0.3 is 0 Å². The zero-order valence-electron chi connectivity index (χ0n) is 18.5. The number of aliphatic hydroxyl groups excluding tert-OH is 1. The van der Waals surface area contributed by atoms with Crippen molar-refractivity contribution in [1.82, 2.24) is 14.9 Å². The smallest absolute Gasteiger partial charge is 0.145 e. The second-order valence-corrected chi connectivity index (χ2v) is 14.4. The summed E-state index contributed by atoms with van der Waals surface area (Å²) >= 11 is 0. The van der Waals surface area contributed by atoms with Gasteiger partial charge in [-0.15, -0.1) is 0 Å². The van der Waals surface area contributed by atoms with Crippen molar-refractivity contribution in [1.29, 1.82) is 0 Å². The van der Waals surface area contributed by atoms with E-state index in [1.165, 1.54) is 0 Å². The Morgan fingerprint density at radius 2 is 1.90 bits per heavy atom. The monoisotopic (exact) mass is 441 g/mol. The normalized spacial score (nSPS) is 12.8. The summed E-state index contributed by atoms with van der Waals surface area (Å²) in [6.45, 7) is 8.24. The Kier molecular flexibility index (Phi) is 7.97. The lowest BCUT2D eigenvalue weighted by molar-refractivity contribution is -0.108. The van der Waals surface area contributed by atoms with E-state index in [1.54, 1.807) is 16.9 Å². The average Bonchev–Trinajstić information content (AvgIpc) is 3.15. The van der Waals surface area contributed by atoms with Gasteiger partial charge in [0, 0.05) is 27.1 Å². The summed E-state index contributed by atoms with van der Waals surface area (Å²) in [5, 5.41) is 22.7. The lowest BCUT2D eigenvalue weighted by Crippen LogP contribution is -2.33. The minimum atomic E-state index is -1.08. The molecule has 0 amide bonds. The number of pyridine rings is 1. The third kappa shape index (κ3) is 7.00. The highest BCUT2D eigenvalue weighted by Crippen LogP contribution is 2.25. The quantitative estimate of drug-likeness (QED) is 0.174. The number of hydrogen-bond donors (Lipinski definition) is 3. The molecule has 0 aliphatic heterocycles. The van der Waals surface area contributed by atoms with Crippen molar-refractivity contribution in [3.05, 3.63) is 59.9 Å². The zero-order valence-corrected chi connectivity index (χ0v) is 19.5. The average molecular weight is 442 g/mol. The van der Waals surface area contributed by atoms with Gasteiger partial charge in [0.05, 0.1) is 30.7 Å². The maximum atomic E-state index is 9.24. The third-order valence-corrected chi connectivity index (χ3v) is 6.67. The topological polar surface area (TPSA) is 93.6 Å². The Bertz CT molecular complexity index is 983. The molecule has 0 saturated heterocycles. The maximum absolute atomic E-state index is 9.24. The van der Waals surface area contributed by atoms with Gasteiger partial charge in [0.15, 0.2) is 0 Å². The highest BCUT2D eigenvalue weighted by Gasteiger charge is 2.14. The Labute approximate surface area is 184 Å². The molecule has 0 saturated carbocycles. The van der Waals surface area contributed by atoms with E-state index < -0.39 is 8.07 Å². The summed E-state index contributed by atoms with van der Waals surface area (Å²) in [6.07, 6.45) is 4.18. The Balaban J connectivity index is 1.58. The van der Waals surface area contributed by atoms with E-state index in [0.717, 1.165) is 29.5 Å². The van der Waals surface area contributed by atoms with E-state index in [9.17, 15) is 5.11 Å². The number of benzene rings is 1. The molecule has 0 fully saturated rings. The third-order valence-electron chi connectivity index (χ3n) is 4.96. The number of nitrogens with two attached hydrogens (primary N) is 1. The second-order valence-electron chi connectivity index (χ2n) is 8.79. The lowest BCUT2D eigenvalue weighted by atomic mass is 10.0. The first-order valence-corrected chi connectivity index (χ1v) is 14.3. The van der Waals surface area contributed by atoms with Crippen molar-refractivity contribution in [3.63, 3.8) is 0 Å². The lowest BCUT2D eigenvalue weighted by Gasteiger charge is -2.19. The van der Waals surface area contributed by atoms with Crippen molar-refractivity contribution >= 4 is 19.8 Å². The molecule has 166 valence electrons. The number of hydrogen-bond acceptors (Lipinski definition) is 5. The largest absolute Gasteiger partial charge is 0.456 e. The van der Waals surface area contributed by atoms with Gasteiger partial charge in [-0.2, -0.15) is 5.10 Å². The van der Waals surface area contributed by atoms with Gasteiger partial charge in [0.2, 0.25) is 0 Å². The van der Waals surface area contributed by atoms with Crippen LogP contribution in [0.5, 0.6) is 11.5 Å². The van der Waals surface area contributed by atoms with Crippen LogP contribution in [0.15, 0.2) is 48.7 Å². The van der Waals surface area contributed by atoms with E-state index in [2.05, 4.69) is 30.1 Å². The molecule has 1 unspecified atom stereocenters. The Morgan fingerprint density at radius 1 is 1.16 bits per heavy atom. The molecule has 0 radical (unpaired) electrons. The molecule has 4 N–H and O–H groups in total. The van der Waals surface area contributed by atoms with Crippen LogP contribution in [0.4, 0.5) is 0 Å². The molecule has 3 aromatic rings. The second kappa shape index (κ2) is 10.7. The van der Waals surface area contributed by atoms with Crippen molar-refractivity contribution < 1.29 is 20.0 Å². The minimum Gasteiger partial charge on any atom is -0.456 e. The van der Waals surface area contributed by atoms with Gasteiger partial charge in [0.25, 0.3) is 0 Å². The number of rotatable bonds is 12. The maximum Gasteiger partial charge on any atom is 0.145 e. The van der Waals surface area contributed by atoms with Crippen molar-refractivity contribution in [3.8, 4) is 11.5 Å². The molecular weight excluding hydrogens is 408 g/mol. The van der Waals surface area contributed by atoms with Gasteiger partial charge in [-0.25, -0.2) is 4.52 Å². The first-order valence-electron chi connectivity index (χ1n) is 10.6. The van der Waals surface area contributed by atoms with Crippen LogP contribution < -0.4 is 15.5 Å². The molecule has 8 heteroatoms. The number of nitrogens with one attached hydrogen (secondary N) is 1. The number of nitrogens with zero attached hydrogens (tertiary/aromatic N) is 2. The standard InChI is InChI=1S/C23H32N4O3Si/c1-31(2,3)13-12-29-17-25-23(10-11-24)18-4-7-21(8-5-18)30-22-9-6-20-14-19(16-28)26-27(20)15-22/h4-9,11,14-15,23-25,28H,10,12-13,16-17H2,1-3H3/p+1. The molecule has 0 aliphatic carbocycles. The molecule has 2 aromatic heterocycles. The van der Waals surface area contributed by atoms with Crippen molar-refractivity contribution in [2.24, 2.45) is 0 Å². The zero-order chi connectivity index (χ0) is 22.3. The van der Waals surface area contributed by atoms with E-state index in [4.69, 9.17) is 14.9 Å². The van der Waals surface area contributed by atoms with Crippen molar-refractivity contribution in [2.45, 2.75) is 44.8 Å². The van der Waals surface area contributed by atoms with Crippen LogP contribution in [0, 0.1) is 0 Å². The fourth-order valence-electron chi connectivity index (χ4n) is 3.15. The predicted molar refractivity (Wildman–Crippen MR) is 125 cm³/mol. The molecule has 3 rings (SSSR count). The summed E-state index contributed by atoms with van der Waals surface area (Å²) in [7, 11) is -1.08. The fourth-order valence-corrected chi connectivity index (χ4v) is 3.90. The summed E-state index contributed by atoms with van der Waals surface area (Å²) in [5.74, 6) is 1.41. The van der Waals surface area contributed by atoms with E-state index in [0.29, 0.717) is 24.6 Å². The highest BCUT2D eigenvalue weighted by molar-refractivity contribution is 6.76. The van der Waals surface area contributed by atoms with Gasteiger partial charge in [0.1, 0.15) is 17.7 Å². The van der Waals surface area contributed by atoms with Crippen LogP contribution in [0.25, 0.3) is 5.52 Å². The number of ether oxygens (including phenoxy) is 2. The summed E-state index contributed by atoms with van der Waals surface area (Å²) in [6, 6.07) is 14.8. The van der Waals surface area contributed by atoms with Crippen LogP contribution in [0.2, 0.25) is 25.7 Å². The molecule has 0 bridgehead atoms. The van der Waals surface area contributed by atoms with Crippen LogP contribution >= 0.6 is 0 Å². The Hall–Kier alpha value is -2.52. The van der Waals surface area contributed by atoms with Crippen LogP contribution in [0.3, 0.4) is 0 Å². The SMILES string of the molecule is C[Si](C)(C)CCOCNC(CC=[NH2+])c1ccc(Oc2ccc3cc(CO)nn3c2)cc1. The number of fused-ring (bicyclic) bond motifs is 1. The van der Waals surface area contributed by atoms with Gasteiger partial charge in [-0.05, 0) is 41.9 Å². The summed E-state index contributed by atoms with van der Waals surface area (Å²) < 4.78 is 13.5. The first kappa shape index (κ1) is 23.1.